The average Bonchev–Trinajstić information content (AvgIpc) is 2.97. The predicted octanol–water partition coefficient (Wildman–Crippen LogP) is 1.59. The van der Waals surface area contributed by atoms with Gasteiger partial charge in [0.15, 0.2) is 5.82 Å². The summed E-state index contributed by atoms with van der Waals surface area (Å²) in [5.41, 5.74) is 0.223. The first kappa shape index (κ1) is 19.6. The van der Waals surface area contributed by atoms with Crippen LogP contribution in [0, 0.1) is 5.82 Å². The van der Waals surface area contributed by atoms with Crippen molar-refractivity contribution >= 4 is 21.8 Å². The highest BCUT2D eigenvalue weighted by atomic mass is 32.2. The minimum Gasteiger partial charge on any atom is -0.506 e. The fourth-order valence-electron chi connectivity index (χ4n) is 3.25. The second-order valence-electron chi connectivity index (χ2n) is 6.70. The van der Waals surface area contributed by atoms with Crippen molar-refractivity contribution in [2.75, 3.05) is 10.8 Å². The smallest absolute Gasteiger partial charge is 0.326 e. The number of carbonyl (C=O) groups is 1. The number of hydrogen-bond donors (Lipinski definition) is 2. The molecule has 2 N–H and O–H groups in total. The summed E-state index contributed by atoms with van der Waals surface area (Å²) in [5.74, 6) is -2.50. The summed E-state index contributed by atoms with van der Waals surface area (Å²) in [6, 6.07) is 14.3. The number of carbonyl (C=O) groups excluding carboxylic acids is 1. The predicted molar refractivity (Wildman–Crippen MR) is 108 cm³/mol. The molecule has 0 aliphatic carbocycles. The minimum absolute atomic E-state index is 0.0286. The highest BCUT2D eigenvalue weighted by molar-refractivity contribution is 7.92. The van der Waals surface area contributed by atoms with Crippen LogP contribution < -0.4 is 14.6 Å². The maximum atomic E-state index is 15.3. The number of amides is 1. The summed E-state index contributed by atoms with van der Waals surface area (Å²) >= 11 is 0. The molecule has 2 heterocycles. The van der Waals surface area contributed by atoms with Gasteiger partial charge in [-0.25, -0.2) is 13.4 Å². The molecule has 3 aromatic rings. The van der Waals surface area contributed by atoms with E-state index in [0.29, 0.717) is 9.87 Å². The second kappa shape index (κ2) is 7.30. The van der Waals surface area contributed by atoms with Gasteiger partial charge in [0.05, 0.1) is 6.54 Å². The molecule has 1 saturated heterocycles. The standard InChI is InChI=1S/C20H16FN3O5S/c21-19-15(7-8-16(25)20(19)24-12-17(26)22-30(24,28)29)14-6-9-18(27)23(11-14)10-13-4-2-1-3-5-13/h1-9,11,25H,10,12H2,(H,22,26). The second-order valence-corrected chi connectivity index (χ2v) is 8.30. The summed E-state index contributed by atoms with van der Waals surface area (Å²) in [4.78, 5) is 23.7. The van der Waals surface area contributed by atoms with Crippen LogP contribution >= 0.6 is 0 Å². The Kier molecular flexibility index (Phi) is 4.78. The fraction of sp³-hybridized carbons (Fsp3) is 0.100. The Hall–Kier alpha value is -3.66. The van der Waals surface area contributed by atoms with Crippen LogP contribution in [0.15, 0.2) is 65.6 Å². The molecular formula is C20H16FN3O5S. The van der Waals surface area contributed by atoms with Crippen LogP contribution in [0.2, 0.25) is 0 Å². The molecule has 0 atom stereocenters. The first-order chi connectivity index (χ1) is 14.3. The molecule has 1 fully saturated rings. The van der Waals surface area contributed by atoms with Crippen LogP contribution in [0.5, 0.6) is 5.75 Å². The zero-order chi connectivity index (χ0) is 21.5. The van der Waals surface area contributed by atoms with Crippen LogP contribution in [0.1, 0.15) is 5.56 Å². The van der Waals surface area contributed by atoms with Crippen molar-refractivity contribution in [3.05, 3.63) is 82.5 Å². The molecule has 0 radical (unpaired) electrons. The van der Waals surface area contributed by atoms with Crippen molar-refractivity contribution in [2.45, 2.75) is 6.54 Å². The first-order valence-corrected chi connectivity index (χ1v) is 10.3. The van der Waals surface area contributed by atoms with Gasteiger partial charge in [0, 0.05) is 23.4 Å². The number of aromatic nitrogens is 1. The lowest BCUT2D eigenvalue weighted by Crippen LogP contribution is -2.30. The quantitative estimate of drug-likeness (QED) is 0.655. The zero-order valence-electron chi connectivity index (χ0n) is 15.4. The molecular weight excluding hydrogens is 413 g/mol. The third-order valence-electron chi connectivity index (χ3n) is 4.65. The summed E-state index contributed by atoms with van der Waals surface area (Å²) in [6.07, 6.45) is 1.45. The number of hydrogen-bond acceptors (Lipinski definition) is 5. The number of pyridine rings is 1. The van der Waals surface area contributed by atoms with Gasteiger partial charge in [0.1, 0.15) is 18.0 Å². The van der Waals surface area contributed by atoms with E-state index in [1.165, 1.54) is 29.0 Å². The highest BCUT2D eigenvalue weighted by Crippen LogP contribution is 2.38. The Bertz CT molecular complexity index is 1310. The molecule has 4 rings (SSSR count). The van der Waals surface area contributed by atoms with E-state index in [9.17, 15) is 23.1 Å². The molecule has 154 valence electrons. The van der Waals surface area contributed by atoms with Gasteiger partial charge in [0.25, 0.3) is 11.5 Å². The van der Waals surface area contributed by atoms with E-state index in [4.69, 9.17) is 0 Å². The topological polar surface area (TPSA) is 109 Å². The highest BCUT2D eigenvalue weighted by Gasteiger charge is 2.38. The maximum absolute atomic E-state index is 15.3. The summed E-state index contributed by atoms with van der Waals surface area (Å²) in [5, 5.41) is 10.1. The maximum Gasteiger partial charge on any atom is 0.326 e. The molecule has 1 amide bonds. The molecule has 1 aromatic heterocycles. The largest absolute Gasteiger partial charge is 0.506 e. The molecule has 1 aliphatic heterocycles. The van der Waals surface area contributed by atoms with E-state index in [2.05, 4.69) is 0 Å². The molecule has 0 unspecified atom stereocenters. The molecule has 1 aliphatic rings. The van der Waals surface area contributed by atoms with Crippen LogP contribution in [-0.4, -0.2) is 30.5 Å². The average molecular weight is 429 g/mol. The number of phenolic OH excluding ortho intramolecular Hbond substituents is 1. The number of aromatic hydroxyl groups is 1. The van der Waals surface area contributed by atoms with E-state index < -0.39 is 39.9 Å². The summed E-state index contributed by atoms with van der Waals surface area (Å²) < 4.78 is 43.1. The van der Waals surface area contributed by atoms with Crippen molar-refractivity contribution in [3.63, 3.8) is 0 Å². The fourth-order valence-corrected chi connectivity index (χ4v) is 4.42. The monoisotopic (exact) mass is 429 g/mol. The number of rotatable bonds is 4. The number of halogens is 1. The Morgan fingerprint density at radius 1 is 1.03 bits per heavy atom. The lowest BCUT2D eigenvalue weighted by atomic mass is 10.1. The van der Waals surface area contributed by atoms with Crippen molar-refractivity contribution in [1.29, 1.82) is 0 Å². The molecule has 30 heavy (non-hydrogen) atoms. The van der Waals surface area contributed by atoms with Gasteiger partial charge in [0.2, 0.25) is 0 Å². The van der Waals surface area contributed by atoms with Crippen LogP contribution in [0.3, 0.4) is 0 Å². The van der Waals surface area contributed by atoms with Crippen molar-refractivity contribution in [3.8, 4) is 16.9 Å². The Labute approximate surface area is 171 Å². The first-order valence-electron chi connectivity index (χ1n) is 8.86. The van der Waals surface area contributed by atoms with E-state index >= 15 is 4.39 Å². The lowest BCUT2D eigenvalue weighted by Gasteiger charge is -2.19. The Balaban J connectivity index is 1.80. The van der Waals surface area contributed by atoms with Crippen LogP contribution in [0.25, 0.3) is 11.1 Å². The van der Waals surface area contributed by atoms with Crippen LogP contribution in [0.4, 0.5) is 10.1 Å². The van der Waals surface area contributed by atoms with Gasteiger partial charge < -0.3 is 9.67 Å². The SMILES string of the molecule is O=C1CN(c2c(O)ccc(-c3ccc(=O)n(Cc4ccccc4)c3)c2F)S(=O)(=O)N1. The van der Waals surface area contributed by atoms with Gasteiger partial charge in [-0.1, -0.05) is 30.3 Å². The number of anilines is 1. The van der Waals surface area contributed by atoms with E-state index in [1.807, 2.05) is 30.3 Å². The number of nitrogens with zero attached hydrogens (tertiary/aromatic N) is 2. The molecule has 2 aromatic carbocycles. The van der Waals surface area contributed by atoms with E-state index in [1.54, 1.807) is 4.72 Å². The minimum atomic E-state index is -4.31. The van der Waals surface area contributed by atoms with E-state index in [-0.39, 0.29) is 17.7 Å². The van der Waals surface area contributed by atoms with Gasteiger partial charge in [-0.2, -0.15) is 8.42 Å². The Morgan fingerprint density at radius 3 is 2.43 bits per heavy atom. The molecule has 8 nitrogen and oxygen atoms in total. The van der Waals surface area contributed by atoms with Crippen molar-refractivity contribution in [2.24, 2.45) is 0 Å². The number of nitrogens with one attached hydrogen (secondary N) is 1. The van der Waals surface area contributed by atoms with Crippen molar-refractivity contribution < 1.29 is 22.7 Å². The third-order valence-corrected chi connectivity index (χ3v) is 6.03. The van der Waals surface area contributed by atoms with Crippen molar-refractivity contribution in [1.82, 2.24) is 9.29 Å². The Morgan fingerprint density at radius 2 is 1.77 bits per heavy atom. The number of phenols is 1. The molecule has 10 heteroatoms. The van der Waals surface area contributed by atoms with E-state index in [0.717, 1.165) is 11.6 Å². The van der Waals surface area contributed by atoms with Gasteiger partial charge in [-0.15, -0.1) is 0 Å². The van der Waals surface area contributed by atoms with Gasteiger partial charge >= 0.3 is 10.2 Å². The molecule has 0 spiro atoms. The lowest BCUT2D eigenvalue weighted by molar-refractivity contribution is -0.117. The number of benzene rings is 2. The summed E-state index contributed by atoms with van der Waals surface area (Å²) in [6.45, 7) is -0.386. The molecule has 0 bridgehead atoms. The van der Waals surface area contributed by atoms with Gasteiger partial charge in [-0.3, -0.25) is 9.59 Å². The zero-order valence-corrected chi connectivity index (χ0v) is 16.3. The third kappa shape index (κ3) is 3.52. The van der Waals surface area contributed by atoms with Crippen LogP contribution in [-0.2, 0) is 21.5 Å². The van der Waals surface area contributed by atoms with Gasteiger partial charge in [-0.05, 0) is 23.8 Å². The molecule has 0 saturated carbocycles. The summed E-state index contributed by atoms with van der Waals surface area (Å²) in [7, 11) is -4.31. The normalized spacial score (nSPS) is 15.2.